The van der Waals surface area contributed by atoms with Crippen molar-refractivity contribution in [3.63, 3.8) is 0 Å². The first-order chi connectivity index (χ1) is 12.4. The second kappa shape index (κ2) is 8.58. The van der Waals surface area contributed by atoms with Crippen molar-refractivity contribution in [1.29, 1.82) is 0 Å². The molecule has 2 atom stereocenters. The lowest BCUT2D eigenvalue weighted by Gasteiger charge is -2.40. The van der Waals surface area contributed by atoms with Crippen LogP contribution in [0, 0.1) is 11.8 Å². The van der Waals surface area contributed by atoms with Crippen LogP contribution in [0.25, 0.3) is 0 Å². The van der Waals surface area contributed by atoms with Gasteiger partial charge in [0.15, 0.2) is 0 Å². The molecule has 138 valence electrons. The molecule has 0 unspecified atom stereocenters. The van der Waals surface area contributed by atoms with Gasteiger partial charge in [-0.05, 0) is 49.4 Å². The molecular formula is C20H31N3O2. The van der Waals surface area contributed by atoms with E-state index in [1.54, 1.807) is 0 Å². The maximum absolute atomic E-state index is 6.27. The van der Waals surface area contributed by atoms with Gasteiger partial charge in [-0.3, -0.25) is 9.88 Å². The van der Waals surface area contributed by atoms with Gasteiger partial charge in [0.2, 0.25) is 0 Å². The van der Waals surface area contributed by atoms with Gasteiger partial charge in [0.1, 0.15) is 0 Å². The Morgan fingerprint density at radius 2 is 1.80 bits per heavy atom. The fraction of sp³-hybridized carbons (Fsp3) is 0.750. The van der Waals surface area contributed by atoms with E-state index >= 15 is 0 Å². The monoisotopic (exact) mass is 345 g/mol. The van der Waals surface area contributed by atoms with Gasteiger partial charge in [-0.2, -0.15) is 0 Å². The molecule has 5 nitrogen and oxygen atoms in total. The molecule has 5 heteroatoms. The minimum absolute atomic E-state index is 0.413. The minimum Gasteiger partial charge on any atom is -0.381 e. The van der Waals surface area contributed by atoms with Gasteiger partial charge in [-0.15, -0.1) is 0 Å². The van der Waals surface area contributed by atoms with Gasteiger partial charge in [0.25, 0.3) is 0 Å². The highest BCUT2D eigenvalue weighted by molar-refractivity contribution is 5.09. The summed E-state index contributed by atoms with van der Waals surface area (Å²) in [5.74, 6) is 1.49. The number of rotatable bonds is 4. The van der Waals surface area contributed by atoms with Crippen LogP contribution in [-0.4, -0.2) is 73.4 Å². The third-order valence-corrected chi connectivity index (χ3v) is 6.03. The maximum atomic E-state index is 6.27. The molecule has 4 heterocycles. The first-order valence-electron chi connectivity index (χ1n) is 9.90. The molecule has 25 heavy (non-hydrogen) atoms. The summed E-state index contributed by atoms with van der Waals surface area (Å²) >= 11 is 0. The van der Waals surface area contributed by atoms with E-state index in [9.17, 15) is 0 Å². The lowest BCUT2D eigenvalue weighted by Crippen LogP contribution is -2.48. The van der Waals surface area contributed by atoms with E-state index in [1.165, 1.54) is 37.9 Å². The van der Waals surface area contributed by atoms with E-state index in [0.717, 1.165) is 51.9 Å². The average molecular weight is 345 g/mol. The van der Waals surface area contributed by atoms with Crippen LogP contribution >= 0.6 is 0 Å². The molecule has 0 amide bonds. The second-order valence-corrected chi connectivity index (χ2v) is 7.86. The van der Waals surface area contributed by atoms with Crippen LogP contribution in [-0.2, 0) is 16.0 Å². The van der Waals surface area contributed by atoms with E-state index in [-0.39, 0.29) is 0 Å². The molecule has 0 aliphatic carbocycles. The van der Waals surface area contributed by atoms with Crippen LogP contribution in [0.3, 0.4) is 0 Å². The normalized spacial score (nSPS) is 29.9. The molecule has 0 N–H and O–H groups in total. The molecule has 0 spiro atoms. The fourth-order valence-corrected chi connectivity index (χ4v) is 4.53. The fourth-order valence-electron chi connectivity index (χ4n) is 4.53. The summed E-state index contributed by atoms with van der Waals surface area (Å²) in [6.45, 7) is 9.55. The minimum atomic E-state index is 0.413. The topological polar surface area (TPSA) is 37.8 Å². The van der Waals surface area contributed by atoms with E-state index < -0.39 is 0 Å². The summed E-state index contributed by atoms with van der Waals surface area (Å²) in [6.07, 6.45) is 7.91. The van der Waals surface area contributed by atoms with E-state index in [0.29, 0.717) is 12.0 Å². The highest BCUT2D eigenvalue weighted by atomic mass is 16.5. The van der Waals surface area contributed by atoms with Gasteiger partial charge in [0, 0.05) is 64.2 Å². The highest BCUT2D eigenvalue weighted by Crippen LogP contribution is 2.26. The SMILES string of the molecule is c1cc(CN2CCO[C@H]3CN(CC4CCOCC4)CC[C@H]3C2)ccn1. The van der Waals surface area contributed by atoms with Crippen molar-refractivity contribution in [2.24, 2.45) is 11.8 Å². The number of ether oxygens (including phenoxy) is 2. The van der Waals surface area contributed by atoms with Gasteiger partial charge in [-0.25, -0.2) is 0 Å². The van der Waals surface area contributed by atoms with Gasteiger partial charge < -0.3 is 14.4 Å². The summed E-state index contributed by atoms with van der Waals surface area (Å²) in [5, 5.41) is 0. The van der Waals surface area contributed by atoms with Crippen LogP contribution in [0.15, 0.2) is 24.5 Å². The van der Waals surface area contributed by atoms with Crippen molar-refractivity contribution in [2.45, 2.75) is 31.9 Å². The molecular weight excluding hydrogens is 314 g/mol. The Bertz CT molecular complexity index is 521. The molecule has 4 rings (SSSR count). The van der Waals surface area contributed by atoms with E-state index in [2.05, 4.69) is 26.9 Å². The van der Waals surface area contributed by atoms with Crippen molar-refractivity contribution in [3.8, 4) is 0 Å². The molecule has 0 bridgehead atoms. The van der Waals surface area contributed by atoms with Crippen LogP contribution in [0.1, 0.15) is 24.8 Å². The van der Waals surface area contributed by atoms with Crippen LogP contribution in [0.4, 0.5) is 0 Å². The number of nitrogens with zero attached hydrogens (tertiary/aromatic N) is 3. The number of hydrogen-bond donors (Lipinski definition) is 0. The van der Waals surface area contributed by atoms with E-state index in [1.807, 2.05) is 12.4 Å². The third-order valence-electron chi connectivity index (χ3n) is 6.03. The third kappa shape index (κ3) is 4.79. The van der Waals surface area contributed by atoms with Crippen LogP contribution in [0.5, 0.6) is 0 Å². The van der Waals surface area contributed by atoms with Gasteiger partial charge >= 0.3 is 0 Å². The van der Waals surface area contributed by atoms with Crippen molar-refractivity contribution in [1.82, 2.24) is 14.8 Å². The van der Waals surface area contributed by atoms with Crippen LogP contribution < -0.4 is 0 Å². The standard InChI is InChI=1S/C20H31N3O2/c1-6-21-7-2-17(1)13-23-9-12-25-20-16-22(8-3-19(20)15-23)14-18-4-10-24-11-5-18/h1-2,6-7,18-20H,3-5,8-16H2/t19-,20-/m0/s1. The molecule has 0 radical (unpaired) electrons. The number of aromatic nitrogens is 1. The Labute approximate surface area is 151 Å². The zero-order valence-electron chi connectivity index (χ0n) is 15.2. The van der Waals surface area contributed by atoms with Gasteiger partial charge in [-0.1, -0.05) is 0 Å². The van der Waals surface area contributed by atoms with Crippen molar-refractivity contribution < 1.29 is 9.47 Å². The van der Waals surface area contributed by atoms with Crippen LogP contribution in [0.2, 0.25) is 0 Å². The Hall–Kier alpha value is -1.01. The largest absolute Gasteiger partial charge is 0.381 e. The number of hydrogen-bond acceptors (Lipinski definition) is 5. The Balaban J connectivity index is 1.29. The molecule has 3 saturated heterocycles. The molecule has 0 saturated carbocycles. The lowest BCUT2D eigenvalue weighted by atomic mass is 9.91. The number of piperidine rings is 1. The highest BCUT2D eigenvalue weighted by Gasteiger charge is 2.34. The molecule has 3 aliphatic heterocycles. The smallest absolute Gasteiger partial charge is 0.0743 e. The zero-order chi connectivity index (χ0) is 16.9. The van der Waals surface area contributed by atoms with Crippen molar-refractivity contribution >= 4 is 0 Å². The predicted octanol–water partition coefficient (Wildman–Crippen LogP) is 2.03. The number of fused-ring (bicyclic) bond motifs is 1. The number of pyridine rings is 1. The maximum Gasteiger partial charge on any atom is 0.0743 e. The molecule has 0 aromatic carbocycles. The summed E-state index contributed by atoms with van der Waals surface area (Å²) in [7, 11) is 0. The summed E-state index contributed by atoms with van der Waals surface area (Å²) in [6, 6.07) is 4.25. The second-order valence-electron chi connectivity index (χ2n) is 7.86. The van der Waals surface area contributed by atoms with Crippen molar-refractivity contribution in [2.75, 3.05) is 52.5 Å². The summed E-state index contributed by atoms with van der Waals surface area (Å²) in [4.78, 5) is 9.33. The van der Waals surface area contributed by atoms with E-state index in [4.69, 9.17) is 9.47 Å². The zero-order valence-corrected chi connectivity index (χ0v) is 15.2. The van der Waals surface area contributed by atoms with Gasteiger partial charge in [0.05, 0.1) is 12.7 Å². The molecule has 1 aromatic heterocycles. The first-order valence-corrected chi connectivity index (χ1v) is 9.90. The quantitative estimate of drug-likeness (QED) is 0.835. The summed E-state index contributed by atoms with van der Waals surface area (Å²) in [5.41, 5.74) is 1.35. The van der Waals surface area contributed by atoms with Crippen molar-refractivity contribution in [3.05, 3.63) is 30.1 Å². The Morgan fingerprint density at radius 3 is 2.64 bits per heavy atom. The molecule has 3 fully saturated rings. The Morgan fingerprint density at radius 1 is 0.960 bits per heavy atom. The molecule has 1 aromatic rings. The Kier molecular flexibility index (Phi) is 5.98. The average Bonchev–Trinajstić information content (AvgIpc) is 2.85. The summed E-state index contributed by atoms with van der Waals surface area (Å²) < 4.78 is 11.8. The number of likely N-dealkylation sites (tertiary alicyclic amines) is 1. The predicted molar refractivity (Wildman–Crippen MR) is 97.3 cm³/mol. The first kappa shape index (κ1) is 17.4. The molecule has 3 aliphatic rings. The lowest BCUT2D eigenvalue weighted by molar-refractivity contribution is -0.0315.